The molecule has 0 bridgehead atoms. The van der Waals surface area contributed by atoms with Gasteiger partial charge in [-0.2, -0.15) is 0 Å². The summed E-state index contributed by atoms with van der Waals surface area (Å²) >= 11 is 6.01. The van der Waals surface area contributed by atoms with Crippen LogP contribution in [0.15, 0.2) is 36.4 Å². The molecular formula is C20H19ClF2N2O2. The second-order valence-corrected chi connectivity index (χ2v) is 7.67. The van der Waals surface area contributed by atoms with E-state index in [0.29, 0.717) is 22.0 Å². The number of carbonyl (C=O) groups is 1. The van der Waals surface area contributed by atoms with Crippen molar-refractivity contribution in [3.8, 4) is 0 Å². The van der Waals surface area contributed by atoms with Crippen LogP contribution in [0.1, 0.15) is 31.2 Å². The van der Waals surface area contributed by atoms with Crippen LogP contribution in [0.5, 0.6) is 0 Å². The lowest BCUT2D eigenvalue weighted by atomic mass is 9.76. The minimum absolute atomic E-state index is 0.0535. The van der Waals surface area contributed by atoms with Crippen molar-refractivity contribution in [3.05, 3.63) is 58.6 Å². The quantitative estimate of drug-likeness (QED) is 0.669. The molecule has 2 aromatic rings. The number of nitrogens with one attached hydrogen (secondary N) is 2. The van der Waals surface area contributed by atoms with Gasteiger partial charge in [0.05, 0.1) is 11.4 Å². The standard InChI is InChI=1S/C20H19ClF2N2O2/c21-13-7-5-12(6-8-13)20(18(19(26)27)11-3-1-2-4-11)24-16-9-14(22)15(23)10-17(16)25-20/h5-11,18,24-25H,1-4H2,(H,26,27). The predicted octanol–water partition coefficient (Wildman–Crippen LogP) is 5.20. The lowest BCUT2D eigenvalue weighted by Crippen LogP contribution is -2.52. The molecule has 27 heavy (non-hydrogen) atoms. The van der Waals surface area contributed by atoms with Gasteiger partial charge in [-0.25, -0.2) is 8.78 Å². The molecule has 1 atom stereocenters. The fraction of sp³-hybridized carbons (Fsp3) is 0.350. The average Bonchev–Trinajstić information content (AvgIpc) is 3.25. The molecule has 4 nitrogen and oxygen atoms in total. The predicted molar refractivity (Wildman–Crippen MR) is 99.8 cm³/mol. The number of hydrogen-bond acceptors (Lipinski definition) is 3. The Morgan fingerprint density at radius 1 is 1.07 bits per heavy atom. The fourth-order valence-corrected chi connectivity index (χ4v) is 4.56. The third-order valence-corrected chi connectivity index (χ3v) is 5.88. The van der Waals surface area contributed by atoms with Crippen LogP contribution < -0.4 is 10.6 Å². The molecule has 0 spiro atoms. The number of rotatable bonds is 4. The summed E-state index contributed by atoms with van der Waals surface area (Å²) < 4.78 is 27.5. The number of carboxylic acid groups (broad SMARTS) is 1. The average molecular weight is 393 g/mol. The maximum Gasteiger partial charge on any atom is 0.311 e. The van der Waals surface area contributed by atoms with E-state index < -0.39 is 29.2 Å². The van der Waals surface area contributed by atoms with E-state index >= 15 is 0 Å². The van der Waals surface area contributed by atoms with Crippen molar-refractivity contribution in [1.82, 2.24) is 0 Å². The molecule has 3 N–H and O–H groups in total. The summed E-state index contributed by atoms with van der Waals surface area (Å²) in [6.07, 6.45) is 3.55. The summed E-state index contributed by atoms with van der Waals surface area (Å²) in [5, 5.41) is 17.0. The molecule has 7 heteroatoms. The van der Waals surface area contributed by atoms with Crippen molar-refractivity contribution < 1.29 is 18.7 Å². The molecule has 0 amide bonds. The first kappa shape index (κ1) is 18.0. The molecule has 0 radical (unpaired) electrons. The minimum atomic E-state index is -1.21. The smallest absolute Gasteiger partial charge is 0.311 e. The van der Waals surface area contributed by atoms with E-state index in [-0.39, 0.29) is 5.92 Å². The van der Waals surface area contributed by atoms with E-state index in [1.165, 1.54) is 0 Å². The van der Waals surface area contributed by atoms with Gasteiger partial charge in [0.2, 0.25) is 0 Å². The maximum absolute atomic E-state index is 13.8. The van der Waals surface area contributed by atoms with Gasteiger partial charge < -0.3 is 15.7 Å². The normalized spacial score (nSPS) is 19.2. The van der Waals surface area contributed by atoms with Gasteiger partial charge in [-0.3, -0.25) is 4.79 Å². The summed E-state index contributed by atoms with van der Waals surface area (Å²) in [5.41, 5.74) is 0.123. The Bertz CT molecular complexity index is 851. The van der Waals surface area contributed by atoms with Crippen molar-refractivity contribution in [3.63, 3.8) is 0 Å². The third kappa shape index (κ3) is 3.02. The zero-order chi connectivity index (χ0) is 19.2. The van der Waals surface area contributed by atoms with Crippen molar-refractivity contribution in [1.29, 1.82) is 0 Å². The molecule has 0 saturated heterocycles. The summed E-state index contributed by atoms with van der Waals surface area (Å²) in [4.78, 5) is 12.3. The lowest BCUT2D eigenvalue weighted by Gasteiger charge is -2.39. The molecular weight excluding hydrogens is 374 g/mol. The van der Waals surface area contributed by atoms with Crippen molar-refractivity contribution in [2.24, 2.45) is 11.8 Å². The Hall–Kier alpha value is -2.34. The molecule has 1 aliphatic carbocycles. The highest BCUT2D eigenvalue weighted by molar-refractivity contribution is 6.30. The second-order valence-electron chi connectivity index (χ2n) is 7.24. The minimum Gasteiger partial charge on any atom is -0.481 e. The molecule has 1 heterocycles. The number of benzene rings is 2. The maximum atomic E-state index is 13.8. The van der Waals surface area contributed by atoms with E-state index in [0.717, 1.165) is 37.8 Å². The number of carboxylic acids is 1. The summed E-state index contributed by atoms with van der Waals surface area (Å²) in [6.45, 7) is 0. The highest BCUT2D eigenvalue weighted by Crippen LogP contribution is 2.49. The molecule has 2 aromatic carbocycles. The Morgan fingerprint density at radius 2 is 1.59 bits per heavy atom. The Morgan fingerprint density at radius 3 is 2.07 bits per heavy atom. The van der Waals surface area contributed by atoms with Gasteiger partial charge in [-0.1, -0.05) is 36.6 Å². The van der Waals surface area contributed by atoms with Gasteiger partial charge in [0.25, 0.3) is 0 Å². The van der Waals surface area contributed by atoms with Crippen LogP contribution in [0.4, 0.5) is 20.2 Å². The summed E-state index contributed by atoms with van der Waals surface area (Å²) in [7, 11) is 0. The molecule has 1 fully saturated rings. The highest BCUT2D eigenvalue weighted by atomic mass is 35.5. The van der Waals surface area contributed by atoms with Crippen molar-refractivity contribution in [2.45, 2.75) is 31.3 Å². The van der Waals surface area contributed by atoms with Gasteiger partial charge in [-0.15, -0.1) is 0 Å². The molecule has 1 saturated carbocycles. The van der Waals surface area contributed by atoms with E-state index in [4.69, 9.17) is 11.6 Å². The van der Waals surface area contributed by atoms with Crippen molar-refractivity contribution in [2.75, 3.05) is 10.6 Å². The summed E-state index contributed by atoms with van der Waals surface area (Å²) in [6, 6.07) is 8.96. The topological polar surface area (TPSA) is 61.4 Å². The monoisotopic (exact) mass is 392 g/mol. The SMILES string of the molecule is O=C(O)C(C1CCCC1)C1(c2ccc(Cl)cc2)Nc2cc(F)c(F)cc2N1. The molecule has 0 aromatic heterocycles. The van der Waals surface area contributed by atoms with Crippen LogP contribution in [0.3, 0.4) is 0 Å². The Kier molecular flexibility index (Phi) is 4.46. The van der Waals surface area contributed by atoms with Gasteiger partial charge in [0, 0.05) is 17.2 Å². The zero-order valence-electron chi connectivity index (χ0n) is 14.4. The van der Waals surface area contributed by atoms with E-state index in [2.05, 4.69) is 10.6 Å². The van der Waals surface area contributed by atoms with E-state index in [1.54, 1.807) is 24.3 Å². The van der Waals surface area contributed by atoms with Crippen LogP contribution in [0.25, 0.3) is 0 Å². The summed E-state index contributed by atoms with van der Waals surface area (Å²) in [5.74, 6) is -3.79. The van der Waals surface area contributed by atoms with Crippen LogP contribution in [-0.4, -0.2) is 11.1 Å². The molecule has 1 unspecified atom stereocenters. The van der Waals surface area contributed by atoms with Gasteiger partial charge >= 0.3 is 5.97 Å². The molecule has 142 valence electrons. The first-order valence-electron chi connectivity index (χ1n) is 8.95. The van der Waals surface area contributed by atoms with E-state index in [1.807, 2.05) is 0 Å². The van der Waals surface area contributed by atoms with Crippen LogP contribution in [0.2, 0.25) is 5.02 Å². The number of hydrogen-bond donors (Lipinski definition) is 3. The van der Waals surface area contributed by atoms with Gasteiger partial charge in [0.15, 0.2) is 11.6 Å². The lowest BCUT2D eigenvalue weighted by molar-refractivity contribution is -0.146. The number of anilines is 2. The second kappa shape index (κ2) is 6.68. The van der Waals surface area contributed by atoms with Gasteiger partial charge in [0.1, 0.15) is 11.6 Å². The van der Waals surface area contributed by atoms with Gasteiger partial charge in [-0.05, 0) is 36.5 Å². The fourth-order valence-electron chi connectivity index (χ4n) is 4.43. The van der Waals surface area contributed by atoms with Crippen molar-refractivity contribution >= 4 is 28.9 Å². The van der Waals surface area contributed by atoms with Crippen LogP contribution in [-0.2, 0) is 10.5 Å². The Labute approximate surface area is 160 Å². The van der Waals surface area contributed by atoms with Crippen LogP contribution in [0, 0.1) is 23.5 Å². The first-order chi connectivity index (χ1) is 12.9. The number of aliphatic carboxylic acids is 1. The zero-order valence-corrected chi connectivity index (χ0v) is 15.2. The molecule has 1 aliphatic heterocycles. The largest absolute Gasteiger partial charge is 0.481 e. The Balaban J connectivity index is 1.86. The third-order valence-electron chi connectivity index (χ3n) is 5.63. The first-order valence-corrected chi connectivity index (χ1v) is 9.33. The number of fused-ring (bicyclic) bond motifs is 1. The molecule has 2 aliphatic rings. The molecule has 4 rings (SSSR count). The number of halogens is 3. The van der Waals surface area contributed by atoms with Crippen LogP contribution >= 0.6 is 11.6 Å². The van der Waals surface area contributed by atoms with E-state index in [9.17, 15) is 18.7 Å². The highest BCUT2D eigenvalue weighted by Gasteiger charge is 2.52.